The van der Waals surface area contributed by atoms with Gasteiger partial charge in [0.25, 0.3) is 0 Å². The fourth-order valence-corrected chi connectivity index (χ4v) is 2.72. The summed E-state index contributed by atoms with van der Waals surface area (Å²) in [5.74, 6) is -0.819. The Kier molecular flexibility index (Phi) is 3.88. The Morgan fingerprint density at radius 2 is 1.68 bits per heavy atom. The Balaban J connectivity index is 2.04. The second-order valence-electron chi connectivity index (χ2n) is 5.26. The summed E-state index contributed by atoms with van der Waals surface area (Å²) in [7, 11) is 0. The van der Waals surface area contributed by atoms with E-state index >= 15 is 0 Å². The van der Waals surface area contributed by atoms with Crippen LogP contribution >= 0.6 is 0 Å². The molecule has 4 nitrogen and oxygen atoms in total. The molecule has 2 rings (SSSR count). The first-order chi connectivity index (χ1) is 8.99. The van der Waals surface area contributed by atoms with E-state index in [1.165, 1.54) is 0 Å². The van der Waals surface area contributed by atoms with Gasteiger partial charge in [-0.25, -0.2) is 4.79 Å². The number of carboxylic acid groups (broad SMARTS) is 1. The van der Waals surface area contributed by atoms with Crippen molar-refractivity contribution in [3.63, 3.8) is 0 Å². The SMILES string of the molecule is CC1CCC(C)N1C(=O)Cc1ccc(C(=O)O)cc1. The average Bonchev–Trinajstić information content (AvgIpc) is 2.69. The lowest BCUT2D eigenvalue weighted by Gasteiger charge is -2.26. The van der Waals surface area contributed by atoms with Crippen LogP contribution in [0.1, 0.15) is 42.6 Å². The van der Waals surface area contributed by atoms with Crippen LogP contribution in [0.25, 0.3) is 0 Å². The van der Waals surface area contributed by atoms with Crippen molar-refractivity contribution >= 4 is 11.9 Å². The molecule has 1 aliphatic heterocycles. The molecule has 2 unspecified atom stereocenters. The molecule has 0 aromatic heterocycles. The second-order valence-corrected chi connectivity index (χ2v) is 5.26. The number of hydrogen-bond donors (Lipinski definition) is 1. The van der Waals surface area contributed by atoms with E-state index in [2.05, 4.69) is 13.8 Å². The average molecular weight is 261 g/mol. The van der Waals surface area contributed by atoms with Crippen LogP contribution in [0.3, 0.4) is 0 Å². The lowest BCUT2D eigenvalue weighted by atomic mass is 10.1. The normalized spacial score (nSPS) is 22.5. The number of benzene rings is 1. The quantitative estimate of drug-likeness (QED) is 0.908. The van der Waals surface area contributed by atoms with E-state index in [-0.39, 0.29) is 11.5 Å². The highest BCUT2D eigenvalue weighted by molar-refractivity contribution is 5.87. The molecule has 1 fully saturated rings. The lowest BCUT2D eigenvalue weighted by Crippen LogP contribution is -2.39. The Hall–Kier alpha value is -1.84. The molecule has 0 spiro atoms. The van der Waals surface area contributed by atoms with Gasteiger partial charge in [-0.05, 0) is 44.4 Å². The number of carbonyl (C=O) groups is 2. The maximum Gasteiger partial charge on any atom is 0.335 e. The van der Waals surface area contributed by atoms with Crippen molar-refractivity contribution in [1.29, 1.82) is 0 Å². The maximum absolute atomic E-state index is 12.3. The van der Waals surface area contributed by atoms with Crippen LogP contribution in [0.5, 0.6) is 0 Å². The summed E-state index contributed by atoms with van der Waals surface area (Å²) in [4.78, 5) is 25.0. The molecule has 1 saturated heterocycles. The van der Waals surface area contributed by atoms with Crippen LogP contribution in [0.2, 0.25) is 0 Å². The van der Waals surface area contributed by atoms with E-state index in [4.69, 9.17) is 5.11 Å². The fourth-order valence-electron chi connectivity index (χ4n) is 2.72. The number of carbonyl (C=O) groups excluding carboxylic acids is 1. The molecule has 0 bridgehead atoms. The smallest absolute Gasteiger partial charge is 0.335 e. The molecule has 0 aliphatic carbocycles. The number of aromatic carboxylic acids is 1. The molecular formula is C15H19NO3. The first kappa shape index (κ1) is 13.6. The summed E-state index contributed by atoms with van der Waals surface area (Å²) in [6.07, 6.45) is 2.46. The molecule has 1 aromatic rings. The van der Waals surface area contributed by atoms with Crippen molar-refractivity contribution in [2.75, 3.05) is 0 Å². The minimum Gasteiger partial charge on any atom is -0.478 e. The van der Waals surface area contributed by atoms with Gasteiger partial charge in [0.2, 0.25) is 5.91 Å². The summed E-state index contributed by atoms with van der Waals surface area (Å²) in [5, 5.41) is 8.82. The number of rotatable bonds is 3. The lowest BCUT2D eigenvalue weighted by molar-refractivity contribution is -0.132. The number of nitrogens with zero attached hydrogens (tertiary/aromatic N) is 1. The zero-order valence-corrected chi connectivity index (χ0v) is 11.3. The first-order valence-corrected chi connectivity index (χ1v) is 6.62. The molecule has 4 heteroatoms. The van der Waals surface area contributed by atoms with Gasteiger partial charge < -0.3 is 10.0 Å². The van der Waals surface area contributed by atoms with Gasteiger partial charge in [-0.2, -0.15) is 0 Å². The van der Waals surface area contributed by atoms with Gasteiger partial charge in [0, 0.05) is 12.1 Å². The van der Waals surface area contributed by atoms with E-state index in [0.29, 0.717) is 18.5 Å². The van der Waals surface area contributed by atoms with Crippen LogP contribution in [-0.2, 0) is 11.2 Å². The number of carboxylic acids is 1. The summed E-state index contributed by atoms with van der Waals surface area (Å²) in [6.45, 7) is 4.16. The van der Waals surface area contributed by atoms with Crippen molar-refractivity contribution in [2.45, 2.75) is 45.2 Å². The van der Waals surface area contributed by atoms with Gasteiger partial charge >= 0.3 is 5.97 Å². The van der Waals surface area contributed by atoms with Gasteiger partial charge in [0.05, 0.1) is 12.0 Å². The van der Waals surface area contributed by atoms with Crippen LogP contribution < -0.4 is 0 Å². The molecule has 1 aliphatic rings. The molecule has 1 aromatic carbocycles. The second kappa shape index (κ2) is 5.43. The Morgan fingerprint density at radius 3 is 2.16 bits per heavy atom. The zero-order valence-electron chi connectivity index (χ0n) is 11.3. The third-order valence-electron chi connectivity index (χ3n) is 3.80. The minimum absolute atomic E-state index is 0.126. The van der Waals surface area contributed by atoms with E-state index in [0.717, 1.165) is 18.4 Å². The van der Waals surface area contributed by atoms with E-state index in [9.17, 15) is 9.59 Å². The Labute approximate surface area is 113 Å². The Bertz CT molecular complexity index is 471. The van der Waals surface area contributed by atoms with E-state index in [1.807, 2.05) is 4.90 Å². The highest BCUT2D eigenvalue weighted by Gasteiger charge is 2.30. The predicted octanol–water partition coefficient (Wildman–Crippen LogP) is 2.33. The maximum atomic E-state index is 12.3. The molecular weight excluding hydrogens is 242 g/mol. The predicted molar refractivity (Wildman–Crippen MR) is 72.1 cm³/mol. The van der Waals surface area contributed by atoms with Crippen molar-refractivity contribution in [1.82, 2.24) is 4.90 Å². The van der Waals surface area contributed by atoms with Gasteiger partial charge in [0.15, 0.2) is 0 Å². The van der Waals surface area contributed by atoms with Crippen LogP contribution in [0.15, 0.2) is 24.3 Å². The van der Waals surface area contributed by atoms with Crippen LogP contribution in [-0.4, -0.2) is 34.0 Å². The minimum atomic E-state index is -0.945. The van der Waals surface area contributed by atoms with Crippen molar-refractivity contribution in [3.05, 3.63) is 35.4 Å². The van der Waals surface area contributed by atoms with Crippen molar-refractivity contribution in [3.8, 4) is 0 Å². The summed E-state index contributed by atoms with van der Waals surface area (Å²) < 4.78 is 0. The molecule has 0 saturated carbocycles. The Morgan fingerprint density at radius 1 is 1.16 bits per heavy atom. The number of hydrogen-bond acceptors (Lipinski definition) is 2. The molecule has 0 radical (unpaired) electrons. The van der Waals surface area contributed by atoms with Crippen molar-refractivity contribution in [2.24, 2.45) is 0 Å². The third-order valence-corrected chi connectivity index (χ3v) is 3.80. The number of likely N-dealkylation sites (tertiary alicyclic amines) is 1. The monoisotopic (exact) mass is 261 g/mol. The molecule has 1 N–H and O–H groups in total. The fraction of sp³-hybridized carbons (Fsp3) is 0.467. The van der Waals surface area contributed by atoms with Gasteiger partial charge in [-0.3, -0.25) is 4.79 Å². The number of amides is 1. The van der Waals surface area contributed by atoms with E-state index in [1.54, 1.807) is 24.3 Å². The first-order valence-electron chi connectivity index (χ1n) is 6.62. The summed E-state index contributed by atoms with van der Waals surface area (Å²) >= 11 is 0. The molecule has 2 atom stereocenters. The van der Waals surface area contributed by atoms with Gasteiger partial charge in [0.1, 0.15) is 0 Å². The van der Waals surface area contributed by atoms with Gasteiger partial charge in [-0.15, -0.1) is 0 Å². The highest BCUT2D eigenvalue weighted by atomic mass is 16.4. The molecule has 1 amide bonds. The summed E-state index contributed by atoms with van der Waals surface area (Å²) in [6, 6.07) is 7.13. The van der Waals surface area contributed by atoms with E-state index < -0.39 is 5.97 Å². The topological polar surface area (TPSA) is 57.6 Å². The summed E-state index contributed by atoms with van der Waals surface area (Å²) in [5.41, 5.74) is 1.11. The van der Waals surface area contributed by atoms with Gasteiger partial charge in [-0.1, -0.05) is 12.1 Å². The van der Waals surface area contributed by atoms with Crippen LogP contribution in [0, 0.1) is 0 Å². The molecule has 102 valence electrons. The largest absolute Gasteiger partial charge is 0.478 e. The molecule has 1 heterocycles. The highest BCUT2D eigenvalue weighted by Crippen LogP contribution is 2.24. The third kappa shape index (κ3) is 2.95. The molecule has 19 heavy (non-hydrogen) atoms. The zero-order chi connectivity index (χ0) is 14.0. The van der Waals surface area contributed by atoms with Crippen molar-refractivity contribution < 1.29 is 14.7 Å². The van der Waals surface area contributed by atoms with Crippen LogP contribution in [0.4, 0.5) is 0 Å². The standard InChI is InChI=1S/C15H19NO3/c1-10-3-4-11(2)16(10)14(17)9-12-5-7-13(8-6-12)15(18)19/h5-8,10-11H,3-4,9H2,1-2H3,(H,18,19).